The first-order valence-electron chi connectivity index (χ1n) is 9.46. The highest BCUT2D eigenvalue weighted by molar-refractivity contribution is 6.31. The SMILES string of the molecule is Clc1ccc2c(NCCn3cncc3-c3ccc4c(c3)OCCO4)ccnc2c1. The largest absolute Gasteiger partial charge is 0.486 e. The first-order chi connectivity index (χ1) is 14.3. The Morgan fingerprint density at radius 2 is 1.93 bits per heavy atom. The number of fused-ring (bicyclic) bond motifs is 2. The van der Waals surface area contributed by atoms with Crippen molar-refractivity contribution in [3.05, 3.63) is 66.2 Å². The van der Waals surface area contributed by atoms with Gasteiger partial charge in [-0.25, -0.2) is 4.98 Å². The van der Waals surface area contributed by atoms with E-state index in [1.807, 2.05) is 55.0 Å². The molecule has 146 valence electrons. The summed E-state index contributed by atoms with van der Waals surface area (Å²) in [5.74, 6) is 1.57. The molecule has 29 heavy (non-hydrogen) atoms. The van der Waals surface area contributed by atoms with Gasteiger partial charge in [-0.2, -0.15) is 0 Å². The van der Waals surface area contributed by atoms with Crippen LogP contribution in [-0.2, 0) is 6.54 Å². The van der Waals surface area contributed by atoms with Gasteiger partial charge >= 0.3 is 0 Å². The molecule has 5 rings (SSSR count). The maximum absolute atomic E-state index is 6.08. The fourth-order valence-corrected chi connectivity index (χ4v) is 3.69. The van der Waals surface area contributed by atoms with Crippen LogP contribution in [0.3, 0.4) is 0 Å². The molecule has 1 aliphatic heterocycles. The van der Waals surface area contributed by atoms with Crippen LogP contribution in [0.2, 0.25) is 5.02 Å². The van der Waals surface area contributed by atoms with E-state index in [1.165, 1.54) is 0 Å². The molecule has 3 heterocycles. The fraction of sp³-hybridized carbons (Fsp3) is 0.182. The van der Waals surface area contributed by atoms with E-state index in [4.69, 9.17) is 21.1 Å². The van der Waals surface area contributed by atoms with Crippen LogP contribution >= 0.6 is 11.6 Å². The Hall–Kier alpha value is -3.25. The molecule has 0 fully saturated rings. The number of anilines is 1. The first kappa shape index (κ1) is 17.8. The van der Waals surface area contributed by atoms with Gasteiger partial charge in [0.05, 0.1) is 23.7 Å². The van der Waals surface area contributed by atoms with E-state index in [9.17, 15) is 0 Å². The third kappa shape index (κ3) is 3.59. The van der Waals surface area contributed by atoms with Gasteiger partial charge in [-0.1, -0.05) is 11.6 Å². The van der Waals surface area contributed by atoms with Crippen molar-refractivity contribution >= 4 is 28.2 Å². The second-order valence-electron chi connectivity index (χ2n) is 6.78. The van der Waals surface area contributed by atoms with E-state index in [2.05, 4.69) is 19.9 Å². The normalized spacial score (nSPS) is 12.9. The number of hydrogen-bond acceptors (Lipinski definition) is 5. The molecule has 0 atom stereocenters. The van der Waals surface area contributed by atoms with Crippen molar-refractivity contribution in [1.29, 1.82) is 0 Å². The van der Waals surface area contributed by atoms with E-state index in [0.29, 0.717) is 18.2 Å². The van der Waals surface area contributed by atoms with E-state index in [1.54, 1.807) is 6.20 Å². The molecule has 7 heteroatoms. The zero-order valence-corrected chi connectivity index (χ0v) is 16.4. The molecule has 0 saturated carbocycles. The highest BCUT2D eigenvalue weighted by Crippen LogP contribution is 2.34. The summed E-state index contributed by atoms with van der Waals surface area (Å²) in [6, 6.07) is 13.7. The summed E-state index contributed by atoms with van der Waals surface area (Å²) in [6.45, 7) is 2.67. The highest BCUT2D eigenvalue weighted by atomic mass is 35.5. The zero-order valence-electron chi connectivity index (χ0n) is 15.6. The zero-order chi connectivity index (χ0) is 19.6. The second kappa shape index (κ2) is 7.64. The molecule has 1 aliphatic rings. The molecular formula is C22H19ClN4O2. The van der Waals surface area contributed by atoms with Crippen LogP contribution in [0.25, 0.3) is 22.2 Å². The van der Waals surface area contributed by atoms with Crippen LogP contribution in [0.4, 0.5) is 5.69 Å². The Bertz CT molecular complexity index is 1170. The molecule has 0 spiro atoms. The number of halogens is 1. The number of ether oxygens (including phenoxy) is 2. The van der Waals surface area contributed by atoms with Crippen LogP contribution in [0, 0.1) is 0 Å². The van der Waals surface area contributed by atoms with E-state index in [0.717, 1.165) is 52.4 Å². The van der Waals surface area contributed by atoms with Crippen LogP contribution in [0.1, 0.15) is 0 Å². The van der Waals surface area contributed by atoms with E-state index < -0.39 is 0 Å². The van der Waals surface area contributed by atoms with E-state index >= 15 is 0 Å². The lowest BCUT2D eigenvalue weighted by atomic mass is 10.1. The minimum Gasteiger partial charge on any atom is -0.486 e. The summed E-state index contributed by atoms with van der Waals surface area (Å²) in [5, 5.41) is 5.23. The Kier molecular flexibility index (Phi) is 4.69. The van der Waals surface area contributed by atoms with Crippen molar-refractivity contribution in [3.63, 3.8) is 0 Å². The van der Waals surface area contributed by atoms with Crippen molar-refractivity contribution in [1.82, 2.24) is 14.5 Å². The van der Waals surface area contributed by atoms with Gasteiger partial charge in [0.2, 0.25) is 0 Å². The highest BCUT2D eigenvalue weighted by Gasteiger charge is 2.14. The maximum Gasteiger partial charge on any atom is 0.162 e. The van der Waals surface area contributed by atoms with Gasteiger partial charge in [-0.3, -0.25) is 4.98 Å². The molecule has 2 aromatic carbocycles. The smallest absolute Gasteiger partial charge is 0.162 e. The molecule has 4 aromatic rings. The van der Waals surface area contributed by atoms with Crippen molar-refractivity contribution in [2.45, 2.75) is 6.54 Å². The van der Waals surface area contributed by atoms with Crippen LogP contribution in [0.5, 0.6) is 11.5 Å². The lowest BCUT2D eigenvalue weighted by Gasteiger charge is -2.19. The molecule has 0 bridgehead atoms. The molecule has 0 aliphatic carbocycles. The molecule has 1 N–H and O–H groups in total. The number of aromatic nitrogens is 3. The Morgan fingerprint density at radius 3 is 2.86 bits per heavy atom. The van der Waals surface area contributed by atoms with Gasteiger partial charge in [0.1, 0.15) is 13.2 Å². The number of hydrogen-bond donors (Lipinski definition) is 1. The van der Waals surface area contributed by atoms with Crippen molar-refractivity contribution in [2.24, 2.45) is 0 Å². The third-order valence-electron chi connectivity index (χ3n) is 4.92. The Labute approximate surface area is 173 Å². The maximum atomic E-state index is 6.08. The monoisotopic (exact) mass is 406 g/mol. The minimum absolute atomic E-state index is 0.574. The standard InChI is InChI=1S/C22H19ClN4O2/c23-16-2-3-17-18(5-6-25-19(17)12-16)26-7-8-27-14-24-13-20(27)15-1-4-21-22(11-15)29-10-9-28-21/h1-6,11-14H,7-10H2,(H,25,26). The molecular weight excluding hydrogens is 388 g/mol. The van der Waals surface area contributed by atoms with Gasteiger partial charge in [0.15, 0.2) is 11.5 Å². The summed E-state index contributed by atoms with van der Waals surface area (Å²) < 4.78 is 13.4. The number of pyridine rings is 1. The number of rotatable bonds is 5. The average molecular weight is 407 g/mol. The van der Waals surface area contributed by atoms with Crippen molar-refractivity contribution in [2.75, 3.05) is 25.1 Å². The van der Waals surface area contributed by atoms with Gasteiger partial charge in [0, 0.05) is 40.9 Å². The van der Waals surface area contributed by atoms with Gasteiger partial charge in [-0.05, 0) is 42.5 Å². The lowest BCUT2D eigenvalue weighted by molar-refractivity contribution is 0.171. The minimum atomic E-state index is 0.574. The molecule has 2 aromatic heterocycles. The number of nitrogens with zero attached hydrogens (tertiary/aromatic N) is 3. The summed E-state index contributed by atoms with van der Waals surface area (Å²) in [7, 11) is 0. The Balaban J connectivity index is 1.33. The topological polar surface area (TPSA) is 61.2 Å². The summed E-state index contributed by atoms with van der Waals surface area (Å²) in [4.78, 5) is 8.72. The van der Waals surface area contributed by atoms with Crippen molar-refractivity contribution < 1.29 is 9.47 Å². The van der Waals surface area contributed by atoms with Crippen LogP contribution in [-0.4, -0.2) is 34.3 Å². The summed E-state index contributed by atoms with van der Waals surface area (Å²) >= 11 is 6.08. The number of benzene rings is 2. The predicted octanol–water partition coefficient (Wildman–Crippen LogP) is 4.64. The lowest BCUT2D eigenvalue weighted by Crippen LogP contribution is -2.15. The number of nitrogens with one attached hydrogen (secondary N) is 1. The van der Waals surface area contributed by atoms with Crippen molar-refractivity contribution in [3.8, 4) is 22.8 Å². The molecule has 0 unspecified atom stereocenters. The first-order valence-corrected chi connectivity index (χ1v) is 9.84. The Morgan fingerprint density at radius 1 is 1.03 bits per heavy atom. The summed E-state index contributed by atoms with van der Waals surface area (Å²) in [5.41, 5.74) is 4.00. The average Bonchev–Trinajstić information content (AvgIpc) is 3.22. The van der Waals surface area contributed by atoms with E-state index in [-0.39, 0.29) is 0 Å². The summed E-state index contributed by atoms with van der Waals surface area (Å²) in [6.07, 6.45) is 5.51. The molecule has 0 saturated heterocycles. The third-order valence-corrected chi connectivity index (χ3v) is 5.16. The van der Waals surface area contributed by atoms with Gasteiger partial charge < -0.3 is 19.4 Å². The number of imidazole rings is 1. The van der Waals surface area contributed by atoms with Gasteiger partial charge in [0.25, 0.3) is 0 Å². The molecule has 0 amide bonds. The predicted molar refractivity (Wildman–Crippen MR) is 114 cm³/mol. The molecule has 0 radical (unpaired) electrons. The fourth-order valence-electron chi connectivity index (χ4n) is 3.53. The van der Waals surface area contributed by atoms with Crippen LogP contribution in [0.15, 0.2) is 61.2 Å². The second-order valence-corrected chi connectivity index (χ2v) is 7.21. The molecule has 6 nitrogen and oxygen atoms in total. The van der Waals surface area contributed by atoms with Gasteiger partial charge in [-0.15, -0.1) is 0 Å². The quantitative estimate of drug-likeness (QED) is 0.523. The van der Waals surface area contributed by atoms with Crippen LogP contribution < -0.4 is 14.8 Å².